The van der Waals surface area contributed by atoms with E-state index in [-0.39, 0.29) is 10.4 Å². The highest BCUT2D eigenvalue weighted by atomic mass is 32.2. The zero-order chi connectivity index (χ0) is 20.9. The lowest BCUT2D eigenvalue weighted by Gasteiger charge is -2.16. The highest BCUT2D eigenvalue weighted by Crippen LogP contribution is 2.52. The Hall–Kier alpha value is -2.41. The summed E-state index contributed by atoms with van der Waals surface area (Å²) >= 11 is 0. The number of nitrogens with zero attached hydrogens (tertiary/aromatic N) is 1. The predicted octanol–water partition coefficient (Wildman–Crippen LogP) is 5.54. The molecule has 2 aromatic rings. The Labute approximate surface area is 167 Å². The Morgan fingerprint density at radius 3 is 1.93 bits per heavy atom. The van der Waals surface area contributed by atoms with Gasteiger partial charge in [-0.15, -0.1) is 0 Å². The van der Waals surface area contributed by atoms with Crippen LogP contribution in [-0.2, 0) is 16.0 Å². The first kappa shape index (κ1) is 19.9. The number of pyridine rings is 1. The number of alkyl halides is 3. The van der Waals surface area contributed by atoms with Crippen LogP contribution in [0.2, 0.25) is 0 Å². The summed E-state index contributed by atoms with van der Waals surface area (Å²) in [7, 11) is -3.40. The minimum absolute atomic E-state index is 0.00418. The summed E-state index contributed by atoms with van der Waals surface area (Å²) < 4.78 is 62.2. The Morgan fingerprint density at radius 1 is 0.897 bits per heavy atom. The molecule has 4 rings (SSSR count). The van der Waals surface area contributed by atoms with Gasteiger partial charge in [-0.1, -0.05) is 37.1 Å². The number of halogens is 3. The van der Waals surface area contributed by atoms with Gasteiger partial charge < -0.3 is 0 Å². The lowest BCUT2D eigenvalue weighted by Crippen LogP contribution is -2.06. The van der Waals surface area contributed by atoms with E-state index in [0.717, 1.165) is 60.8 Å². The first-order chi connectivity index (χ1) is 13.6. The molecule has 0 unspecified atom stereocenters. The second kappa shape index (κ2) is 6.83. The third kappa shape index (κ3) is 3.88. The smallest absolute Gasteiger partial charge is 0.244 e. The normalized spacial score (nSPS) is 18.8. The van der Waals surface area contributed by atoms with Crippen LogP contribution in [0, 0.1) is 5.41 Å². The first-order valence-electron chi connectivity index (χ1n) is 9.38. The van der Waals surface area contributed by atoms with Crippen LogP contribution in [0.4, 0.5) is 13.2 Å². The van der Waals surface area contributed by atoms with Crippen molar-refractivity contribution in [2.45, 2.75) is 36.9 Å². The van der Waals surface area contributed by atoms with E-state index in [4.69, 9.17) is 0 Å². The van der Waals surface area contributed by atoms with Crippen molar-refractivity contribution in [2.24, 2.45) is 5.41 Å². The number of aromatic nitrogens is 1. The van der Waals surface area contributed by atoms with Crippen LogP contribution in [0.25, 0.3) is 11.1 Å². The van der Waals surface area contributed by atoms with Crippen LogP contribution in [-0.4, -0.2) is 19.7 Å². The Kier molecular flexibility index (Phi) is 4.69. The zero-order valence-electron chi connectivity index (χ0n) is 15.8. The molecule has 0 radical (unpaired) electrons. The molecule has 0 atom stereocenters. The third-order valence-electron chi connectivity index (χ3n) is 5.64. The third-order valence-corrected chi connectivity index (χ3v) is 6.64. The predicted molar refractivity (Wildman–Crippen MR) is 106 cm³/mol. The fourth-order valence-electron chi connectivity index (χ4n) is 4.17. The zero-order valence-corrected chi connectivity index (χ0v) is 16.6. The SMILES string of the molecule is CS(=O)(=O)c1ccc(C2=CC3(C=C2c2ccc(C(F)(F)F)cc2)CCCC3)cn1. The molecule has 1 spiro atoms. The molecule has 1 aromatic heterocycles. The van der Waals surface area contributed by atoms with Crippen molar-refractivity contribution in [2.75, 3.05) is 6.26 Å². The van der Waals surface area contributed by atoms with E-state index in [1.807, 2.05) is 0 Å². The van der Waals surface area contributed by atoms with Crippen molar-refractivity contribution in [1.29, 1.82) is 0 Å². The van der Waals surface area contributed by atoms with Crippen molar-refractivity contribution in [3.63, 3.8) is 0 Å². The van der Waals surface area contributed by atoms with Crippen LogP contribution >= 0.6 is 0 Å². The summed E-state index contributed by atoms with van der Waals surface area (Å²) in [5.41, 5.74) is 2.45. The molecule has 2 aliphatic rings. The number of hydrogen-bond donors (Lipinski definition) is 0. The van der Waals surface area contributed by atoms with Crippen LogP contribution in [0.15, 0.2) is 59.8 Å². The molecule has 1 fully saturated rings. The molecule has 1 heterocycles. The van der Waals surface area contributed by atoms with Gasteiger partial charge in [-0.3, -0.25) is 0 Å². The molecule has 2 aliphatic carbocycles. The number of allylic oxidation sites excluding steroid dienone is 4. The molecule has 7 heteroatoms. The van der Waals surface area contributed by atoms with Crippen LogP contribution in [0.5, 0.6) is 0 Å². The van der Waals surface area contributed by atoms with E-state index >= 15 is 0 Å². The first-order valence-corrected chi connectivity index (χ1v) is 11.3. The van der Waals surface area contributed by atoms with Gasteiger partial charge in [0.2, 0.25) is 0 Å². The van der Waals surface area contributed by atoms with Gasteiger partial charge in [0.25, 0.3) is 0 Å². The van der Waals surface area contributed by atoms with Crippen LogP contribution in [0.1, 0.15) is 42.4 Å². The molecule has 0 saturated heterocycles. The highest BCUT2D eigenvalue weighted by molar-refractivity contribution is 7.90. The average molecular weight is 419 g/mol. The van der Waals surface area contributed by atoms with E-state index in [9.17, 15) is 21.6 Å². The average Bonchev–Trinajstić information content (AvgIpc) is 3.28. The van der Waals surface area contributed by atoms with Crippen LogP contribution < -0.4 is 0 Å². The monoisotopic (exact) mass is 419 g/mol. The second-order valence-corrected chi connectivity index (χ2v) is 9.75. The summed E-state index contributed by atoms with van der Waals surface area (Å²) in [5.74, 6) is 0. The molecule has 0 aliphatic heterocycles. The number of rotatable bonds is 3. The van der Waals surface area contributed by atoms with E-state index in [1.165, 1.54) is 24.4 Å². The van der Waals surface area contributed by atoms with Crippen molar-refractivity contribution in [1.82, 2.24) is 4.98 Å². The summed E-state index contributed by atoms with van der Waals surface area (Å²) in [6, 6.07) is 8.36. The molecule has 3 nitrogen and oxygen atoms in total. The molecule has 0 bridgehead atoms. The van der Waals surface area contributed by atoms with Gasteiger partial charge in [-0.2, -0.15) is 13.2 Å². The fourth-order valence-corrected chi connectivity index (χ4v) is 4.73. The number of sulfone groups is 1. The van der Waals surface area contributed by atoms with Gasteiger partial charge in [-0.25, -0.2) is 13.4 Å². The molecule has 0 N–H and O–H groups in total. The fraction of sp³-hybridized carbons (Fsp3) is 0.318. The Morgan fingerprint density at radius 2 is 1.45 bits per heavy atom. The van der Waals surface area contributed by atoms with Crippen molar-refractivity contribution in [3.8, 4) is 0 Å². The summed E-state index contributed by atoms with van der Waals surface area (Å²) in [6.45, 7) is 0. The van der Waals surface area contributed by atoms with Gasteiger partial charge in [0.1, 0.15) is 0 Å². The van der Waals surface area contributed by atoms with Gasteiger partial charge in [0.05, 0.1) is 5.56 Å². The Balaban J connectivity index is 1.76. The van der Waals surface area contributed by atoms with Crippen molar-refractivity contribution in [3.05, 3.63) is 71.4 Å². The maximum absolute atomic E-state index is 12.9. The lowest BCUT2D eigenvalue weighted by molar-refractivity contribution is -0.137. The topological polar surface area (TPSA) is 47.0 Å². The van der Waals surface area contributed by atoms with E-state index in [2.05, 4.69) is 17.1 Å². The molecule has 152 valence electrons. The standard InChI is InChI=1S/C22H20F3NO2S/c1-29(27,28)20-9-6-16(14-26-20)19-13-21(10-2-3-11-21)12-18(19)15-4-7-17(8-5-15)22(23,24)25/h4-9,12-14H,2-3,10-11H2,1H3. The maximum atomic E-state index is 12.9. The number of benzene rings is 1. The maximum Gasteiger partial charge on any atom is 0.416 e. The molecular weight excluding hydrogens is 399 g/mol. The van der Waals surface area contributed by atoms with Gasteiger partial charge >= 0.3 is 6.18 Å². The summed E-state index contributed by atoms with van der Waals surface area (Å²) in [6.07, 6.45) is 6.77. The largest absolute Gasteiger partial charge is 0.416 e. The number of hydrogen-bond acceptors (Lipinski definition) is 3. The summed E-state index contributed by atoms with van der Waals surface area (Å²) in [4.78, 5) is 4.08. The minimum Gasteiger partial charge on any atom is -0.244 e. The Bertz CT molecular complexity index is 1090. The molecule has 0 amide bonds. The minimum atomic E-state index is -4.38. The molecular formula is C22H20F3NO2S. The van der Waals surface area contributed by atoms with E-state index in [1.54, 1.807) is 6.07 Å². The van der Waals surface area contributed by atoms with Gasteiger partial charge in [0, 0.05) is 23.4 Å². The van der Waals surface area contributed by atoms with Crippen LogP contribution in [0.3, 0.4) is 0 Å². The van der Waals surface area contributed by atoms with Crippen molar-refractivity contribution < 1.29 is 21.6 Å². The second-order valence-electron chi connectivity index (χ2n) is 7.79. The van der Waals surface area contributed by atoms with E-state index in [0.29, 0.717) is 5.56 Å². The molecule has 29 heavy (non-hydrogen) atoms. The summed E-state index contributed by atoms with van der Waals surface area (Å²) in [5, 5.41) is -0.00418. The van der Waals surface area contributed by atoms with E-state index < -0.39 is 21.6 Å². The van der Waals surface area contributed by atoms with Gasteiger partial charge in [-0.05, 0) is 53.8 Å². The highest BCUT2D eigenvalue weighted by Gasteiger charge is 2.36. The van der Waals surface area contributed by atoms with Gasteiger partial charge in [0.15, 0.2) is 14.9 Å². The molecule has 1 aromatic carbocycles. The quantitative estimate of drug-likeness (QED) is 0.656. The molecule has 1 saturated carbocycles. The van der Waals surface area contributed by atoms with Crippen molar-refractivity contribution >= 4 is 21.0 Å². The lowest BCUT2D eigenvalue weighted by atomic mass is 9.88.